The van der Waals surface area contributed by atoms with Gasteiger partial charge in [-0.05, 0) is 26.8 Å². The van der Waals surface area contributed by atoms with Crippen LogP contribution in [-0.4, -0.2) is 36.7 Å². The number of nitrogens with zero attached hydrogens (tertiary/aromatic N) is 3. The van der Waals surface area contributed by atoms with Crippen molar-refractivity contribution < 1.29 is 4.74 Å². The predicted octanol–water partition coefficient (Wildman–Crippen LogP) is 0.969. The Hall–Kier alpha value is -1.36. The van der Waals surface area contributed by atoms with Crippen molar-refractivity contribution in [2.75, 3.05) is 31.6 Å². The fourth-order valence-electron chi connectivity index (χ4n) is 1.35. The quantitative estimate of drug-likeness (QED) is 0.780. The lowest BCUT2D eigenvalue weighted by Gasteiger charge is -2.17. The second-order valence-corrected chi connectivity index (χ2v) is 3.64. The molecule has 0 atom stereocenters. The zero-order valence-corrected chi connectivity index (χ0v) is 10.2. The number of nitrogens with two attached hydrogens (primary N) is 1. The third kappa shape index (κ3) is 3.66. The molecule has 0 bridgehead atoms. The Morgan fingerprint density at radius 1 is 1.44 bits per heavy atom. The van der Waals surface area contributed by atoms with E-state index in [2.05, 4.69) is 9.97 Å². The Morgan fingerprint density at radius 3 is 2.81 bits per heavy atom. The molecule has 2 N–H and O–H groups in total. The van der Waals surface area contributed by atoms with Crippen molar-refractivity contribution in [2.45, 2.75) is 20.3 Å². The molecular formula is C11H20N4O. The lowest BCUT2D eigenvalue weighted by Crippen LogP contribution is -2.23. The van der Waals surface area contributed by atoms with E-state index < -0.39 is 0 Å². The summed E-state index contributed by atoms with van der Waals surface area (Å²) in [7, 11) is 1.96. The van der Waals surface area contributed by atoms with Gasteiger partial charge >= 0.3 is 0 Å². The Bertz CT molecular complexity index is 330. The van der Waals surface area contributed by atoms with Crippen LogP contribution in [0.15, 0.2) is 6.07 Å². The number of ether oxygens (including phenoxy) is 1. The maximum atomic E-state index is 5.47. The smallest absolute Gasteiger partial charge is 0.228 e. The van der Waals surface area contributed by atoms with Gasteiger partial charge < -0.3 is 15.4 Å². The minimum absolute atomic E-state index is 0.613. The van der Waals surface area contributed by atoms with E-state index in [1.807, 2.05) is 31.9 Å². The molecule has 5 nitrogen and oxygen atoms in total. The van der Waals surface area contributed by atoms with E-state index in [1.54, 1.807) is 0 Å². The number of hydrogen-bond acceptors (Lipinski definition) is 5. The molecule has 1 aromatic rings. The fraction of sp³-hybridized carbons (Fsp3) is 0.636. The Balaban J connectivity index is 2.78. The highest BCUT2D eigenvalue weighted by molar-refractivity contribution is 5.33. The maximum Gasteiger partial charge on any atom is 0.228 e. The van der Waals surface area contributed by atoms with Crippen LogP contribution in [0.3, 0.4) is 0 Å². The molecule has 0 aliphatic heterocycles. The first kappa shape index (κ1) is 12.7. The van der Waals surface area contributed by atoms with Gasteiger partial charge in [-0.15, -0.1) is 0 Å². The van der Waals surface area contributed by atoms with Crippen molar-refractivity contribution >= 4 is 5.95 Å². The number of anilines is 1. The van der Waals surface area contributed by atoms with Crippen LogP contribution in [0.4, 0.5) is 5.95 Å². The van der Waals surface area contributed by atoms with Crippen molar-refractivity contribution in [3.63, 3.8) is 0 Å². The third-order valence-corrected chi connectivity index (χ3v) is 2.15. The summed E-state index contributed by atoms with van der Waals surface area (Å²) in [6.07, 6.45) is 0.928. The van der Waals surface area contributed by atoms with E-state index in [0.29, 0.717) is 25.0 Å². The lowest BCUT2D eigenvalue weighted by molar-refractivity contribution is 0.326. The SMILES string of the molecule is CCOc1cc(C)nc(N(C)CCCN)n1. The van der Waals surface area contributed by atoms with Gasteiger partial charge in [-0.2, -0.15) is 4.98 Å². The first-order valence-electron chi connectivity index (χ1n) is 5.57. The molecule has 0 fully saturated rings. The zero-order valence-electron chi connectivity index (χ0n) is 10.2. The highest BCUT2D eigenvalue weighted by Crippen LogP contribution is 2.14. The summed E-state index contributed by atoms with van der Waals surface area (Å²) in [4.78, 5) is 10.7. The van der Waals surface area contributed by atoms with Gasteiger partial charge in [-0.1, -0.05) is 0 Å². The van der Waals surface area contributed by atoms with Crippen LogP contribution in [0.5, 0.6) is 5.88 Å². The van der Waals surface area contributed by atoms with Crippen molar-refractivity contribution in [2.24, 2.45) is 5.73 Å². The summed E-state index contributed by atoms with van der Waals surface area (Å²) in [6.45, 7) is 6.02. The third-order valence-electron chi connectivity index (χ3n) is 2.15. The maximum absolute atomic E-state index is 5.47. The van der Waals surface area contributed by atoms with Gasteiger partial charge in [0, 0.05) is 25.4 Å². The summed E-state index contributed by atoms with van der Waals surface area (Å²) in [5.41, 5.74) is 6.38. The Morgan fingerprint density at radius 2 is 2.19 bits per heavy atom. The monoisotopic (exact) mass is 224 g/mol. The standard InChI is InChI=1S/C11H20N4O/c1-4-16-10-8-9(2)13-11(14-10)15(3)7-5-6-12/h8H,4-7,12H2,1-3H3. The van der Waals surface area contributed by atoms with Crippen LogP contribution in [0.25, 0.3) is 0 Å². The van der Waals surface area contributed by atoms with Gasteiger partial charge in [0.25, 0.3) is 0 Å². The number of aromatic nitrogens is 2. The normalized spacial score (nSPS) is 10.2. The fourth-order valence-corrected chi connectivity index (χ4v) is 1.35. The van der Waals surface area contributed by atoms with Crippen molar-refractivity contribution in [3.05, 3.63) is 11.8 Å². The van der Waals surface area contributed by atoms with E-state index in [9.17, 15) is 0 Å². The first-order valence-corrected chi connectivity index (χ1v) is 5.57. The minimum Gasteiger partial charge on any atom is -0.478 e. The van der Waals surface area contributed by atoms with E-state index >= 15 is 0 Å². The van der Waals surface area contributed by atoms with Crippen LogP contribution in [0, 0.1) is 6.92 Å². The minimum atomic E-state index is 0.613. The topological polar surface area (TPSA) is 64.3 Å². The molecule has 0 aliphatic rings. The highest BCUT2D eigenvalue weighted by atomic mass is 16.5. The van der Waals surface area contributed by atoms with E-state index in [1.165, 1.54) is 0 Å². The second kappa shape index (κ2) is 6.27. The van der Waals surface area contributed by atoms with Crippen molar-refractivity contribution in [1.82, 2.24) is 9.97 Å². The molecule has 0 amide bonds. The number of hydrogen-bond donors (Lipinski definition) is 1. The summed E-state index contributed by atoms with van der Waals surface area (Å²) in [5, 5.41) is 0. The average Bonchev–Trinajstić information content (AvgIpc) is 2.25. The van der Waals surface area contributed by atoms with Crippen LogP contribution in [-0.2, 0) is 0 Å². The van der Waals surface area contributed by atoms with Crippen LogP contribution in [0.2, 0.25) is 0 Å². The summed E-state index contributed by atoms with van der Waals surface area (Å²) >= 11 is 0. The van der Waals surface area contributed by atoms with Gasteiger partial charge in [-0.25, -0.2) is 4.98 Å². The van der Waals surface area contributed by atoms with Crippen LogP contribution in [0.1, 0.15) is 19.0 Å². The van der Waals surface area contributed by atoms with Gasteiger partial charge in [0.1, 0.15) is 0 Å². The van der Waals surface area contributed by atoms with Crippen molar-refractivity contribution in [3.8, 4) is 5.88 Å². The molecule has 1 heterocycles. The first-order chi connectivity index (χ1) is 7.67. The van der Waals surface area contributed by atoms with E-state index in [4.69, 9.17) is 10.5 Å². The molecule has 0 saturated heterocycles. The molecule has 0 unspecified atom stereocenters. The lowest BCUT2D eigenvalue weighted by atomic mass is 10.4. The molecule has 0 aliphatic carbocycles. The van der Waals surface area contributed by atoms with Gasteiger partial charge in [0.15, 0.2) is 0 Å². The van der Waals surface area contributed by atoms with Crippen molar-refractivity contribution in [1.29, 1.82) is 0 Å². The molecular weight excluding hydrogens is 204 g/mol. The number of aryl methyl sites for hydroxylation is 1. The predicted molar refractivity (Wildman–Crippen MR) is 64.9 cm³/mol. The average molecular weight is 224 g/mol. The number of rotatable bonds is 6. The molecule has 1 aromatic heterocycles. The Kier molecular flexibility index (Phi) is 4.98. The van der Waals surface area contributed by atoms with E-state index in [-0.39, 0.29) is 0 Å². The second-order valence-electron chi connectivity index (χ2n) is 3.64. The van der Waals surface area contributed by atoms with Crippen LogP contribution >= 0.6 is 0 Å². The highest BCUT2D eigenvalue weighted by Gasteiger charge is 2.07. The van der Waals surface area contributed by atoms with Gasteiger partial charge in [0.2, 0.25) is 11.8 Å². The molecule has 0 aromatic carbocycles. The van der Waals surface area contributed by atoms with Gasteiger partial charge in [0.05, 0.1) is 6.61 Å². The summed E-state index contributed by atoms with van der Waals surface area (Å²) < 4.78 is 5.38. The molecule has 16 heavy (non-hydrogen) atoms. The molecule has 0 spiro atoms. The van der Waals surface area contributed by atoms with E-state index in [0.717, 1.165) is 18.7 Å². The summed E-state index contributed by atoms with van der Waals surface area (Å²) in [6, 6.07) is 1.84. The summed E-state index contributed by atoms with van der Waals surface area (Å²) in [5.74, 6) is 1.32. The van der Waals surface area contributed by atoms with Gasteiger partial charge in [-0.3, -0.25) is 0 Å². The zero-order chi connectivity index (χ0) is 12.0. The molecule has 1 rings (SSSR count). The van der Waals surface area contributed by atoms with Crippen LogP contribution < -0.4 is 15.4 Å². The molecule has 90 valence electrons. The Labute approximate surface area is 96.6 Å². The molecule has 5 heteroatoms. The largest absolute Gasteiger partial charge is 0.478 e. The molecule has 0 saturated carbocycles. The molecule has 0 radical (unpaired) electrons.